The number of nitrogens with zero attached hydrogens (tertiary/aromatic N) is 1. The molecular formula is C3H5N2O2S. The van der Waals surface area contributed by atoms with Crippen LogP contribution in [0.5, 0.6) is 0 Å². The quantitative estimate of drug-likeness (QED) is 0.411. The van der Waals surface area contributed by atoms with Gasteiger partial charge in [-0.25, -0.2) is 0 Å². The molecule has 45 valence electrons. The van der Waals surface area contributed by atoms with Crippen molar-refractivity contribution in [3.05, 3.63) is 21.3 Å². The zero-order valence-electron chi connectivity index (χ0n) is 4.25. The summed E-state index contributed by atoms with van der Waals surface area (Å²) in [6, 6.07) is 0. The number of nitrogens with one attached hydrogen (secondary N) is 1. The molecule has 0 aromatic heterocycles. The van der Waals surface area contributed by atoms with Crippen LogP contribution in [0.1, 0.15) is 0 Å². The van der Waals surface area contributed by atoms with Crippen LogP contribution in [0, 0.1) is 10.1 Å². The Morgan fingerprint density at radius 2 is 2.50 bits per heavy atom. The summed E-state index contributed by atoms with van der Waals surface area (Å²) in [4.78, 5) is 8.92. The standard InChI is InChI=1S/C3H5N2O2S/c1-8-3(4)2-5(6)7/h2,4H,1H3/b3-2-. The van der Waals surface area contributed by atoms with E-state index in [-0.39, 0.29) is 5.03 Å². The maximum Gasteiger partial charge on any atom is 0.265 e. The molecule has 0 aliphatic heterocycles. The monoisotopic (exact) mass is 133 g/mol. The third-order valence-corrected chi connectivity index (χ3v) is 0.988. The van der Waals surface area contributed by atoms with Crippen LogP contribution in [0.2, 0.25) is 0 Å². The van der Waals surface area contributed by atoms with Crippen molar-refractivity contribution in [2.45, 2.75) is 0 Å². The lowest BCUT2D eigenvalue weighted by Crippen LogP contribution is -1.86. The molecule has 0 saturated heterocycles. The zero-order chi connectivity index (χ0) is 6.57. The van der Waals surface area contributed by atoms with E-state index in [1.807, 2.05) is 0 Å². The molecule has 0 bridgehead atoms. The number of thioether (sulfide) groups is 1. The van der Waals surface area contributed by atoms with Gasteiger partial charge in [-0.05, 0) is 6.26 Å². The SMILES string of the molecule is CS/C([NH])=C\[N+](=O)[O-]. The van der Waals surface area contributed by atoms with Crippen molar-refractivity contribution in [1.82, 2.24) is 5.73 Å². The second kappa shape index (κ2) is 3.31. The molecule has 0 atom stereocenters. The van der Waals surface area contributed by atoms with E-state index in [2.05, 4.69) is 0 Å². The number of nitro groups is 1. The highest BCUT2D eigenvalue weighted by molar-refractivity contribution is 8.02. The maximum atomic E-state index is 9.56. The molecule has 0 amide bonds. The molecule has 0 saturated carbocycles. The number of hydrogen-bond donors (Lipinski definition) is 0. The second-order valence-electron chi connectivity index (χ2n) is 0.983. The lowest BCUT2D eigenvalue weighted by molar-refractivity contribution is -0.403. The fraction of sp³-hybridized carbons (Fsp3) is 0.333. The Morgan fingerprint density at radius 3 is 2.62 bits per heavy atom. The summed E-state index contributed by atoms with van der Waals surface area (Å²) in [6.07, 6.45) is 2.27. The Morgan fingerprint density at radius 1 is 2.00 bits per heavy atom. The molecule has 5 heteroatoms. The van der Waals surface area contributed by atoms with E-state index in [1.165, 1.54) is 0 Å². The number of hydrogen-bond acceptors (Lipinski definition) is 3. The van der Waals surface area contributed by atoms with Crippen molar-refractivity contribution in [3.8, 4) is 0 Å². The fourth-order valence-electron chi connectivity index (χ4n) is 0.148. The normalized spacial score (nSPS) is 11.4. The lowest BCUT2D eigenvalue weighted by Gasteiger charge is -1.83. The van der Waals surface area contributed by atoms with E-state index >= 15 is 0 Å². The van der Waals surface area contributed by atoms with Crippen molar-refractivity contribution in [2.75, 3.05) is 6.26 Å². The average Bonchev–Trinajstić information content (AvgIpc) is 1.65. The minimum absolute atomic E-state index is 0.0324. The summed E-state index contributed by atoms with van der Waals surface area (Å²) >= 11 is 1.04. The Balaban J connectivity index is 3.75. The summed E-state index contributed by atoms with van der Waals surface area (Å²) in [7, 11) is 0. The van der Waals surface area contributed by atoms with Crippen LogP contribution in [0.3, 0.4) is 0 Å². The van der Waals surface area contributed by atoms with Crippen LogP contribution in [-0.2, 0) is 0 Å². The first-order valence-corrected chi connectivity index (χ1v) is 3.00. The highest BCUT2D eigenvalue weighted by atomic mass is 32.2. The van der Waals surface area contributed by atoms with E-state index in [1.54, 1.807) is 6.26 Å². The predicted octanol–water partition coefficient (Wildman–Crippen LogP) is 0.708. The molecule has 0 heterocycles. The summed E-state index contributed by atoms with van der Waals surface area (Å²) in [5, 5.41) is 9.53. The van der Waals surface area contributed by atoms with Gasteiger partial charge < -0.3 is 0 Å². The van der Waals surface area contributed by atoms with Crippen LogP contribution in [0.15, 0.2) is 11.2 Å². The first-order valence-electron chi connectivity index (χ1n) is 1.77. The molecule has 0 rings (SSSR count). The van der Waals surface area contributed by atoms with E-state index in [4.69, 9.17) is 5.73 Å². The van der Waals surface area contributed by atoms with Gasteiger partial charge >= 0.3 is 0 Å². The molecule has 0 aromatic carbocycles. The van der Waals surface area contributed by atoms with E-state index in [0.717, 1.165) is 11.8 Å². The van der Waals surface area contributed by atoms with E-state index < -0.39 is 4.92 Å². The summed E-state index contributed by atoms with van der Waals surface area (Å²) in [6.45, 7) is 0. The van der Waals surface area contributed by atoms with Gasteiger partial charge in [0, 0.05) is 0 Å². The molecule has 0 aliphatic carbocycles. The minimum atomic E-state index is -0.640. The highest BCUT2D eigenvalue weighted by Gasteiger charge is 1.92. The van der Waals surface area contributed by atoms with Gasteiger partial charge in [0.15, 0.2) is 5.03 Å². The van der Waals surface area contributed by atoms with Crippen LogP contribution in [0.4, 0.5) is 0 Å². The lowest BCUT2D eigenvalue weighted by atomic mass is 10.9. The molecule has 0 unspecified atom stereocenters. The minimum Gasteiger partial charge on any atom is -0.289 e. The summed E-state index contributed by atoms with van der Waals surface area (Å²) in [5.41, 5.74) is 6.73. The molecule has 0 aliphatic rings. The molecule has 0 spiro atoms. The Hall–Kier alpha value is -0.710. The molecule has 0 fully saturated rings. The topological polar surface area (TPSA) is 66.9 Å². The molecule has 1 N–H and O–H groups in total. The Labute approximate surface area is 50.9 Å². The van der Waals surface area contributed by atoms with Gasteiger partial charge in [-0.15, -0.1) is 11.8 Å². The third kappa shape index (κ3) is 3.48. The molecular weight excluding hydrogens is 128 g/mol. The fourth-order valence-corrected chi connectivity index (χ4v) is 0.340. The van der Waals surface area contributed by atoms with Gasteiger partial charge in [0.25, 0.3) is 6.20 Å². The molecule has 0 aromatic rings. The van der Waals surface area contributed by atoms with Gasteiger partial charge in [0.2, 0.25) is 0 Å². The average molecular weight is 133 g/mol. The van der Waals surface area contributed by atoms with Crippen molar-refractivity contribution in [3.63, 3.8) is 0 Å². The van der Waals surface area contributed by atoms with Gasteiger partial charge in [0.05, 0.1) is 4.92 Å². The van der Waals surface area contributed by atoms with E-state index in [9.17, 15) is 10.1 Å². The van der Waals surface area contributed by atoms with Gasteiger partial charge in [-0.1, -0.05) is 0 Å². The van der Waals surface area contributed by atoms with Crippen LogP contribution in [0.25, 0.3) is 0 Å². The smallest absolute Gasteiger partial charge is 0.265 e. The molecule has 4 nitrogen and oxygen atoms in total. The molecule has 8 heavy (non-hydrogen) atoms. The van der Waals surface area contributed by atoms with Crippen LogP contribution >= 0.6 is 11.8 Å². The first kappa shape index (κ1) is 7.29. The van der Waals surface area contributed by atoms with Gasteiger partial charge in [-0.2, -0.15) is 0 Å². The third-order valence-electron chi connectivity index (χ3n) is 0.443. The summed E-state index contributed by atoms with van der Waals surface area (Å²) in [5.74, 6) is 0. The van der Waals surface area contributed by atoms with Crippen molar-refractivity contribution >= 4 is 11.8 Å². The van der Waals surface area contributed by atoms with Crippen LogP contribution < -0.4 is 5.73 Å². The zero-order valence-corrected chi connectivity index (χ0v) is 5.07. The van der Waals surface area contributed by atoms with Gasteiger partial charge in [0.1, 0.15) is 0 Å². The number of rotatable bonds is 2. The first-order chi connectivity index (χ1) is 3.66. The predicted molar refractivity (Wildman–Crippen MR) is 31.7 cm³/mol. The molecule has 1 radical (unpaired) electrons. The highest BCUT2D eigenvalue weighted by Crippen LogP contribution is 2.03. The maximum absolute atomic E-state index is 9.56. The second-order valence-corrected chi connectivity index (χ2v) is 1.83. The van der Waals surface area contributed by atoms with Crippen molar-refractivity contribution in [1.29, 1.82) is 0 Å². The Bertz CT molecular complexity index is 122. The largest absolute Gasteiger partial charge is 0.289 e. The van der Waals surface area contributed by atoms with Crippen molar-refractivity contribution < 1.29 is 4.92 Å². The van der Waals surface area contributed by atoms with Gasteiger partial charge in [-0.3, -0.25) is 15.8 Å². The van der Waals surface area contributed by atoms with Crippen molar-refractivity contribution in [2.24, 2.45) is 0 Å². The summed E-state index contributed by atoms with van der Waals surface area (Å²) < 4.78 is 0. The van der Waals surface area contributed by atoms with Crippen LogP contribution in [-0.4, -0.2) is 11.2 Å². The Kier molecular flexibility index (Phi) is 3.02. The van der Waals surface area contributed by atoms with E-state index in [0.29, 0.717) is 6.20 Å².